The summed E-state index contributed by atoms with van der Waals surface area (Å²) in [5.74, 6) is -1.18. The van der Waals surface area contributed by atoms with Crippen molar-refractivity contribution in [3.8, 4) is 11.1 Å². The molecule has 3 heterocycles. The Morgan fingerprint density at radius 3 is 2.90 bits per heavy atom. The van der Waals surface area contributed by atoms with Crippen LogP contribution < -0.4 is 10.2 Å². The number of aromatic amines is 1. The molecule has 0 saturated heterocycles. The van der Waals surface area contributed by atoms with Crippen LogP contribution in [0.4, 0.5) is 20.3 Å². The molecule has 4 aromatic rings. The van der Waals surface area contributed by atoms with Crippen molar-refractivity contribution >= 4 is 45.6 Å². The van der Waals surface area contributed by atoms with Gasteiger partial charge in [-0.25, -0.2) is 13.8 Å². The Balaban J connectivity index is 1.58. The van der Waals surface area contributed by atoms with E-state index in [4.69, 9.17) is 11.6 Å². The third kappa shape index (κ3) is 3.20. The maximum Gasteiger partial charge on any atom is 0.231 e. The molecule has 160 valence electrons. The number of imidazole rings is 1. The molecule has 1 aliphatic rings. The van der Waals surface area contributed by atoms with Crippen LogP contribution in [0.15, 0.2) is 30.7 Å². The monoisotopic (exact) mass is 444 g/mol. The van der Waals surface area contributed by atoms with E-state index < -0.39 is 17.9 Å². The van der Waals surface area contributed by atoms with Gasteiger partial charge in [-0.2, -0.15) is 5.10 Å². The Kier molecular flexibility index (Phi) is 4.58. The number of anilines is 2. The zero-order valence-electron chi connectivity index (χ0n) is 16.8. The van der Waals surface area contributed by atoms with Crippen LogP contribution in [0.3, 0.4) is 0 Å². The highest BCUT2D eigenvalue weighted by Crippen LogP contribution is 2.42. The van der Waals surface area contributed by atoms with Crippen molar-refractivity contribution in [2.75, 3.05) is 23.8 Å². The van der Waals surface area contributed by atoms with Crippen molar-refractivity contribution < 1.29 is 13.6 Å². The Bertz CT molecular complexity index is 1330. The molecule has 1 fully saturated rings. The van der Waals surface area contributed by atoms with Crippen molar-refractivity contribution in [2.45, 2.75) is 19.5 Å². The van der Waals surface area contributed by atoms with Gasteiger partial charge in [-0.15, -0.1) is 0 Å². The second-order valence-corrected chi connectivity index (χ2v) is 8.06. The van der Waals surface area contributed by atoms with Crippen molar-refractivity contribution in [3.05, 3.63) is 41.6 Å². The number of halogens is 3. The molecule has 0 bridgehead atoms. The van der Waals surface area contributed by atoms with E-state index in [0.29, 0.717) is 45.7 Å². The minimum absolute atomic E-state index is 0.0000810. The second kappa shape index (κ2) is 7.19. The summed E-state index contributed by atoms with van der Waals surface area (Å²) >= 11 is 6.49. The van der Waals surface area contributed by atoms with Gasteiger partial charge in [-0.3, -0.25) is 9.89 Å². The Morgan fingerprint density at radius 1 is 1.42 bits per heavy atom. The van der Waals surface area contributed by atoms with Gasteiger partial charge in [0, 0.05) is 36.3 Å². The molecule has 2 unspecified atom stereocenters. The van der Waals surface area contributed by atoms with Gasteiger partial charge < -0.3 is 14.6 Å². The van der Waals surface area contributed by atoms with Gasteiger partial charge in [-0.05, 0) is 25.5 Å². The Hall–Kier alpha value is -3.20. The van der Waals surface area contributed by atoms with E-state index in [1.54, 1.807) is 47.1 Å². The quantitative estimate of drug-likeness (QED) is 0.477. The van der Waals surface area contributed by atoms with Crippen LogP contribution in [0.5, 0.6) is 0 Å². The lowest BCUT2D eigenvalue weighted by Gasteiger charge is -2.20. The van der Waals surface area contributed by atoms with Crippen LogP contribution in [0.2, 0.25) is 5.02 Å². The summed E-state index contributed by atoms with van der Waals surface area (Å²) < 4.78 is 30.1. The van der Waals surface area contributed by atoms with Crippen LogP contribution in [0.25, 0.3) is 27.7 Å². The molecule has 7 nitrogen and oxygen atoms in total. The summed E-state index contributed by atoms with van der Waals surface area (Å²) in [4.78, 5) is 18.1. The largest absolute Gasteiger partial charge is 0.371 e. The summed E-state index contributed by atoms with van der Waals surface area (Å²) in [5, 5.41) is 10.3. The van der Waals surface area contributed by atoms with Crippen molar-refractivity contribution in [3.63, 3.8) is 0 Å². The van der Waals surface area contributed by atoms with Gasteiger partial charge in [0.1, 0.15) is 17.5 Å². The first-order valence-electron chi connectivity index (χ1n) is 9.88. The normalized spacial score (nSPS) is 18.0. The van der Waals surface area contributed by atoms with Gasteiger partial charge in [0.2, 0.25) is 5.91 Å². The van der Waals surface area contributed by atoms with Crippen molar-refractivity contribution in [1.29, 1.82) is 0 Å². The highest BCUT2D eigenvalue weighted by Gasteiger charge is 2.43. The molecule has 0 aliphatic heterocycles. The van der Waals surface area contributed by atoms with Gasteiger partial charge >= 0.3 is 0 Å². The molecule has 1 aliphatic carbocycles. The van der Waals surface area contributed by atoms with Crippen molar-refractivity contribution in [2.24, 2.45) is 5.92 Å². The summed E-state index contributed by atoms with van der Waals surface area (Å²) in [5.41, 5.74) is 2.67. The minimum Gasteiger partial charge on any atom is -0.371 e. The van der Waals surface area contributed by atoms with E-state index in [9.17, 15) is 9.18 Å². The molecular formula is C21H19ClF2N6O. The third-order valence-corrected chi connectivity index (χ3v) is 6.02. The molecular weight excluding hydrogens is 426 g/mol. The summed E-state index contributed by atoms with van der Waals surface area (Å²) in [6, 6.07) is 3.52. The molecule has 10 heteroatoms. The number of aromatic nitrogens is 4. The number of carbonyl (C=O) groups is 1. The molecule has 1 saturated carbocycles. The van der Waals surface area contributed by atoms with Gasteiger partial charge in [-0.1, -0.05) is 11.6 Å². The molecule has 0 spiro atoms. The molecule has 31 heavy (non-hydrogen) atoms. The zero-order chi connectivity index (χ0) is 21.9. The molecule has 2 atom stereocenters. The first-order valence-corrected chi connectivity index (χ1v) is 10.3. The molecule has 1 amide bonds. The summed E-state index contributed by atoms with van der Waals surface area (Å²) in [6.07, 6.45) is 4.17. The number of rotatable bonds is 5. The maximum absolute atomic E-state index is 15.2. The number of hydrogen-bond donors (Lipinski definition) is 2. The molecule has 2 N–H and O–H groups in total. The third-order valence-electron chi connectivity index (χ3n) is 5.66. The average molecular weight is 445 g/mol. The first kappa shape index (κ1) is 19.7. The predicted molar refractivity (Wildman–Crippen MR) is 116 cm³/mol. The van der Waals surface area contributed by atoms with Crippen LogP contribution in [-0.4, -0.2) is 45.3 Å². The summed E-state index contributed by atoms with van der Waals surface area (Å²) in [7, 11) is 1.79. The van der Waals surface area contributed by atoms with E-state index in [0.717, 1.165) is 0 Å². The van der Waals surface area contributed by atoms with Gasteiger partial charge in [0.15, 0.2) is 11.6 Å². The number of fused-ring (bicyclic) bond motifs is 2. The predicted octanol–water partition coefficient (Wildman–Crippen LogP) is 4.42. The number of pyridine rings is 1. The molecule has 3 aromatic heterocycles. The highest BCUT2D eigenvalue weighted by atomic mass is 35.5. The topological polar surface area (TPSA) is 78.3 Å². The average Bonchev–Trinajstić information content (AvgIpc) is 3.12. The second-order valence-electron chi connectivity index (χ2n) is 7.68. The molecule has 0 radical (unpaired) electrons. The number of benzene rings is 1. The Labute approximate surface area is 181 Å². The van der Waals surface area contributed by atoms with Crippen LogP contribution in [0.1, 0.15) is 13.3 Å². The fourth-order valence-electron chi connectivity index (χ4n) is 3.75. The number of nitrogens with zero attached hydrogens (tertiary/aromatic N) is 4. The van der Waals surface area contributed by atoms with E-state index in [-0.39, 0.29) is 17.4 Å². The smallest absolute Gasteiger partial charge is 0.231 e. The number of nitrogens with one attached hydrogen (secondary N) is 2. The standard InChI is InChI=1S/C21H19ClF2N6O/c1-3-29(2)20-18(24)17(22)16(12-7-25-28-19(12)20)10-4-5-15-26-14(9-30(15)8-10)27-21(31)11-6-13(11)23/h4-5,7-9,11,13H,3,6H2,1-2H3,(H,25,28)(H,27,31). The first-order chi connectivity index (χ1) is 14.9. The lowest BCUT2D eigenvalue weighted by molar-refractivity contribution is -0.117. The number of hydrogen-bond acceptors (Lipinski definition) is 4. The maximum atomic E-state index is 15.2. The lowest BCUT2D eigenvalue weighted by atomic mass is 10.0. The summed E-state index contributed by atoms with van der Waals surface area (Å²) in [6.45, 7) is 2.52. The van der Waals surface area contributed by atoms with Crippen LogP contribution in [-0.2, 0) is 4.79 Å². The van der Waals surface area contributed by atoms with E-state index >= 15 is 4.39 Å². The van der Waals surface area contributed by atoms with Crippen LogP contribution in [0, 0.1) is 11.7 Å². The molecule has 5 rings (SSSR count). The number of amides is 1. The minimum atomic E-state index is -1.08. The van der Waals surface area contributed by atoms with Crippen LogP contribution >= 0.6 is 11.6 Å². The fourth-order valence-corrected chi connectivity index (χ4v) is 4.05. The SMILES string of the molecule is CCN(C)c1c(F)c(Cl)c(-c2ccc3nc(NC(=O)C4CC4F)cn3c2)c2cn[nH]c12. The van der Waals surface area contributed by atoms with Crippen molar-refractivity contribution in [1.82, 2.24) is 19.6 Å². The fraction of sp³-hybridized carbons (Fsp3) is 0.286. The number of carbonyl (C=O) groups excluding carboxylic acids is 1. The lowest BCUT2D eigenvalue weighted by Crippen LogP contribution is -2.18. The number of H-pyrrole nitrogens is 1. The number of alkyl halides is 1. The van der Waals surface area contributed by atoms with E-state index in [1.165, 1.54) is 0 Å². The highest BCUT2D eigenvalue weighted by molar-refractivity contribution is 6.36. The van der Waals surface area contributed by atoms with E-state index in [2.05, 4.69) is 20.5 Å². The zero-order valence-corrected chi connectivity index (χ0v) is 17.5. The van der Waals surface area contributed by atoms with Gasteiger partial charge in [0.25, 0.3) is 0 Å². The Morgan fingerprint density at radius 2 is 2.19 bits per heavy atom. The van der Waals surface area contributed by atoms with E-state index in [1.807, 2.05) is 6.92 Å². The molecule has 1 aromatic carbocycles. The van der Waals surface area contributed by atoms with Gasteiger partial charge in [0.05, 0.1) is 28.9 Å².